The van der Waals surface area contributed by atoms with Gasteiger partial charge >= 0.3 is 0 Å². The lowest BCUT2D eigenvalue weighted by atomic mass is 10.2. The van der Waals surface area contributed by atoms with Gasteiger partial charge in [0, 0.05) is 12.5 Å². The molecular formula is C11H22O2. The number of carbonyl (C=O) groups excluding carboxylic acids is 1. The molecule has 13 heavy (non-hydrogen) atoms. The van der Waals surface area contributed by atoms with Crippen molar-refractivity contribution in [2.45, 2.75) is 46.0 Å². The molecule has 0 spiro atoms. The van der Waals surface area contributed by atoms with E-state index < -0.39 is 0 Å². The minimum atomic E-state index is 0.0515. The second-order valence-corrected chi connectivity index (χ2v) is 3.60. The molecular weight excluding hydrogens is 164 g/mol. The quantitative estimate of drug-likeness (QED) is 0.409. The standard InChI is InChI=1S/C11H22O2/c1-3-4-5-6-7-8-13-10-11(2)9-12/h9,11H,3-8,10H2,1-2H3. The van der Waals surface area contributed by atoms with E-state index >= 15 is 0 Å². The third-order valence-electron chi connectivity index (χ3n) is 2.01. The van der Waals surface area contributed by atoms with Crippen LogP contribution in [0, 0.1) is 5.92 Å². The van der Waals surface area contributed by atoms with Crippen LogP contribution >= 0.6 is 0 Å². The molecule has 0 heterocycles. The first-order chi connectivity index (χ1) is 6.31. The summed E-state index contributed by atoms with van der Waals surface area (Å²) in [7, 11) is 0. The fraction of sp³-hybridized carbons (Fsp3) is 0.909. The Balaban J connectivity index is 2.95. The summed E-state index contributed by atoms with van der Waals surface area (Å²) in [6.45, 7) is 5.48. The van der Waals surface area contributed by atoms with Crippen LogP contribution in [0.2, 0.25) is 0 Å². The lowest BCUT2D eigenvalue weighted by Gasteiger charge is -2.05. The first-order valence-corrected chi connectivity index (χ1v) is 5.34. The maximum atomic E-state index is 10.2. The van der Waals surface area contributed by atoms with Crippen LogP contribution < -0.4 is 0 Å². The first kappa shape index (κ1) is 12.6. The van der Waals surface area contributed by atoms with Gasteiger partial charge in [0.25, 0.3) is 0 Å². The van der Waals surface area contributed by atoms with E-state index in [2.05, 4.69) is 6.92 Å². The van der Waals surface area contributed by atoms with Crippen LogP contribution in [0.4, 0.5) is 0 Å². The molecule has 0 aromatic heterocycles. The van der Waals surface area contributed by atoms with Crippen LogP contribution in [0.1, 0.15) is 46.0 Å². The third kappa shape index (κ3) is 9.54. The molecule has 2 heteroatoms. The lowest BCUT2D eigenvalue weighted by molar-refractivity contribution is -0.112. The van der Waals surface area contributed by atoms with Gasteiger partial charge in [-0.25, -0.2) is 0 Å². The fourth-order valence-corrected chi connectivity index (χ4v) is 1.12. The highest BCUT2D eigenvalue weighted by Crippen LogP contribution is 2.02. The van der Waals surface area contributed by atoms with Gasteiger partial charge in [-0.3, -0.25) is 0 Å². The van der Waals surface area contributed by atoms with E-state index in [9.17, 15) is 4.79 Å². The van der Waals surface area contributed by atoms with Crippen LogP contribution in [0.3, 0.4) is 0 Å². The van der Waals surface area contributed by atoms with Crippen LogP contribution in [0.15, 0.2) is 0 Å². The van der Waals surface area contributed by atoms with E-state index in [0.29, 0.717) is 6.61 Å². The van der Waals surface area contributed by atoms with Crippen molar-refractivity contribution in [1.82, 2.24) is 0 Å². The van der Waals surface area contributed by atoms with Crippen LogP contribution in [0.5, 0.6) is 0 Å². The highest BCUT2D eigenvalue weighted by Gasteiger charge is 1.98. The molecule has 1 unspecified atom stereocenters. The minimum Gasteiger partial charge on any atom is -0.381 e. The SMILES string of the molecule is CCCCCCCOCC(C)C=O. The molecule has 1 atom stereocenters. The van der Waals surface area contributed by atoms with Crippen molar-refractivity contribution in [2.24, 2.45) is 5.92 Å². The molecule has 78 valence electrons. The summed E-state index contributed by atoms with van der Waals surface area (Å²) in [5.41, 5.74) is 0. The molecule has 0 radical (unpaired) electrons. The number of hydrogen-bond donors (Lipinski definition) is 0. The summed E-state index contributed by atoms with van der Waals surface area (Å²) in [6, 6.07) is 0. The molecule has 0 amide bonds. The number of aldehydes is 1. The summed E-state index contributed by atoms with van der Waals surface area (Å²) >= 11 is 0. The van der Waals surface area contributed by atoms with E-state index in [1.807, 2.05) is 6.92 Å². The van der Waals surface area contributed by atoms with Gasteiger partial charge < -0.3 is 9.53 Å². The zero-order valence-corrected chi connectivity index (χ0v) is 8.92. The van der Waals surface area contributed by atoms with Gasteiger partial charge in [-0.15, -0.1) is 0 Å². The molecule has 0 fully saturated rings. The third-order valence-corrected chi connectivity index (χ3v) is 2.01. The predicted octanol–water partition coefficient (Wildman–Crippen LogP) is 2.81. The molecule has 0 aromatic carbocycles. The van der Waals surface area contributed by atoms with Gasteiger partial charge in [0.15, 0.2) is 0 Å². The molecule has 0 N–H and O–H groups in total. The predicted molar refractivity (Wildman–Crippen MR) is 54.8 cm³/mol. The van der Waals surface area contributed by atoms with Crippen LogP contribution in [0.25, 0.3) is 0 Å². The summed E-state index contributed by atoms with van der Waals surface area (Å²) in [5, 5.41) is 0. The van der Waals surface area contributed by atoms with Gasteiger partial charge in [0.1, 0.15) is 6.29 Å². The summed E-state index contributed by atoms with van der Waals surface area (Å²) in [6.07, 6.45) is 7.24. The van der Waals surface area contributed by atoms with E-state index in [0.717, 1.165) is 19.3 Å². The molecule has 0 aliphatic heterocycles. The normalized spacial score (nSPS) is 12.8. The number of ether oxygens (including phenoxy) is 1. The second-order valence-electron chi connectivity index (χ2n) is 3.60. The van der Waals surface area contributed by atoms with Crippen LogP contribution in [-0.2, 0) is 9.53 Å². The Labute approximate surface area is 81.7 Å². The first-order valence-electron chi connectivity index (χ1n) is 5.34. The molecule has 0 aliphatic carbocycles. The largest absolute Gasteiger partial charge is 0.381 e. The number of hydrogen-bond acceptors (Lipinski definition) is 2. The molecule has 0 rings (SSSR count). The average molecular weight is 186 g/mol. The molecule has 0 aliphatic rings. The van der Waals surface area contributed by atoms with Gasteiger partial charge in [0.2, 0.25) is 0 Å². The van der Waals surface area contributed by atoms with E-state index in [4.69, 9.17) is 4.74 Å². The summed E-state index contributed by atoms with van der Waals surface area (Å²) < 4.78 is 5.34. The number of unbranched alkanes of at least 4 members (excludes halogenated alkanes) is 4. The van der Waals surface area contributed by atoms with Crippen molar-refractivity contribution in [1.29, 1.82) is 0 Å². The Kier molecular flexibility index (Phi) is 9.44. The van der Waals surface area contributed by atoms with E-state index in [1.165, 1.54) is 25.7 Å². The molecule has 0 saturated heterocycles. The average Bonchev–Trinajstić information content (AvgIpc) is 2.16. The highest BCUT2D eigenvalue weighted by molar-refractivity contribution is 5.52. The van der Waals surface area contributed by atoms with Gasteiger partial charge in [-0.1, -0.05) is 39.5 Å². The van der Waals surface area contributed by atoms with E-state index in [1.54, 1.807) is 0 Å². The second kappa shape index (κ2) is 9.72. The maximum Gasteiger partial charge on any atom is 0.125 e. The molecule has 0 bridgehead atoms. The summed E-state index contributed by atoms with van der Waals surface area (Å²) in [5.74, 6) is 0.0515. The Morgan fingerprint density at radius 3 is 2.54 bits per heavy atom. The van der Waals surface area contributed by atoms with Gasteiger partial charge in [-0.2, -0.15) is 0 Å². The molecule has 0 aromatic rings. The monoisotopic (exact) mass is 186 g/mol. The number of rotatable bonds is 9. The van der Waals surface area contributed by atoms with Gasteiger partial charge in [0.05, 0.1) is 6.61 Å². The van der Waals surface area contributed by atoms with Crippen molar-refractivity contribution < 1.29 is 9.53 Å². The van der Waals surface area contributed by atoms with Crippen LogP contribution in [-0.4, -0.2) is 19.5 Å². The zero-order chi connectivity index (χ0) is 9.94. The van der Waals surface area contributed by atoms with Crippen molar-refractivity contribution >= 4 is 6.29 Å². The highest BCUT2D eigenvalue weighted by atomic mass is 16.5. The smallest absolute Gasteiger partial charge is 0.125 e. The zero-order valence-electron chi connectivity index (χ0n) is 8.92. The van der Waals surface area contributed by atoms with Crippen molar-refractivity contribution in [3.8, 4) is 0 Å². The Morgan fingerprint density at radius 2 is 1.92 bits per heavy atom. The number of carbonyl (C=O) groups is 1. The Bertz CT molecular complexity index is 113. The molecule has 0 saturated carbocycles. The van der Waals surface area contributed by atoms with Crippen molar-refractivity contribution in [3.05, 3.63) is 0 Å². The fourth-order valence-electron chi connectivity index (χ4n) is 1.12. The van der Waals surface area contributed by atoms with Gasteiger partial charge in [-0.05, 0) is 6.42 Å². The van der Waals surface area contributed by atoms with E-state index in [-0.39, 0.29) is 5.92 Å². The van der Waals surface area contributed by atoms with Crippen molar-refractivity contribution in [2.75, 3.05) is 13.2 Å². The Hall–Kier alpha value is -0.370. The summed E-state index contributed by atoms with van der Waals surface area (Å²) in [4.78, 5) is 10.2. The lowest BCUT2D eigenvalue weighted by Crippen LogP contribution is -2.07. The van der Waals surface area contributed by atoms with Crippen molar-refractivity contribution in [3.63, 3.8) is 0 Å². The molecule has 2 nitrogen and oxygen atoms in total. The minimum absolute atomic E-state index is 0.0515. The maximum absolute atomic E-state index is 10.2. The Morgan fingerprint density at radius 1 is 1.23 bits per heavy atom. The topological polar surface area (TPSA) is 26.3 Å².